The maximum atomic E-state index is 12.1. The summed E-state index contributed by atoms with van der Waals surface area (Å²) in [5.74, 6) is 0.846. The molecule has 0 saturated heterocycles. The zero-order valence-electron chi connectivity index (χ0n) is 13.8. The molecule has 6 heteroatoms. The molecule has 2 atom stereocenters. The number of carbonyl (C=O) groups excluding carboxylic acids is 2. The molecular formula is C18H21N3O3. The van der Waals surface area contributed by atoms with Crippen molar-refractivity contribution in [3.05, 3.63) is 53.5 Å². The molecule has 24 heavy (non-hydrogen) atoms. The lowest BCUT2D eigenvalue weighted by molar-refractivity contribution is -0.115. The molecule has 126 valence electrons. The van der Waals surface area contributed by atoms with Crippen molar-refractivity contribution in [1.82, 2.24) is 10.6 Å². The molecule has 3 rings (SSSR count). The molecule has 1 aromatic carbocycles. The third kappa shape index (κ3) is 3.76. The number of rotatable bonds is 5. The van der Waals surface area contributed by atoms with Crippen LogP contribution in [0.3, 0.4) is 0 Å². The first-order chi connectivity index (χ1) is 11.5. The molecule has 0 bridgehead atoms. The Balaban J connectivity index is 1.54. The maximum absolute atomic E-state index is 12.1. The largest absolute Gasteiger partial charge is 0.469 e. The SMILES string of the molecule is C[C@H](NC(=O)N[C@@H](C)Cc1ccco1)c1ccc2c(c1)CC(=O)N2. The molecule has 3 amide bonds. The Labute approximate surface area is 140 Å². The highest BCUT2D eigenvalue weighted by atomic mass is 16.3. The van der Waals surface area contributed by atoms with Gasteiger partial charge in [0.05, 0.1) is 18.7 Å². The van der Waals surface area contributed by atoms with Gasteiger partial charge in [-0.25, -0.2) is 4.79 Å². The second-order valence-corrected chi connectivity index (χ2v) is 6.17. The Morgan fingerprint density at radius 2 is 2.12 bits per heavy atom. The number of hydrogen-bond donors (Lipinski definition) is 3. The quantitative estimate of drug-likeness (QED) is 0.789. The first-order valence-electron chi connectivity index (χ1n) is 8.03. The van der Waals surface area contributed by atoms with Crippen LogP contribution in [0.5, 0.6) is 0 Å². The molecule has 6 nitrogen and oxygen atoms in total. The van der Waals surface area contributed by atoms with Crippen molar-refractivity contribution < 1.29 is 14.0 Å². The Morgan fingerprint density at radius 3 is 2.88 bits per heavy atom. The second kappa shape index (κ2) is 6.78. The minimum atomic E-state index is -0.226. The van der Waals surface area contributed by atoms with E-state index in [2.05, 4.69) is 16.0 Å². The summed E-state index contributed by atoms with van der Waals surface area (Å²) in [5, 5.41) is 8.63. The van der Waals surface area contributed by atoms with Crippen molar-refractivity contribution in [3.8, 4) is 0 Å². The monoisotopic (exact) mass is 327 g/mol. The minimum Gasteiger partial charge on any atom is -0.469 e. The van der Waals surface area contributed by atoms with Crippen molar-refractivity contribution in [2.24, 2.45) is 0 Å². The van der Waals surface area contributed by atoms with Crippen LogP contribution in [0, 0.1) is 0 Å². The van der Waals surface area contributed by atoms with Gasteiger partial charge >= 0.3 is 6.03 Å². The Morgan fingerprint density at radius 1 is 1.29 bits per heavy atom. The van der Waals surface area contributed by atoms with Crippen LogP contribution in [0.25, 0.3) is 0 Å². The normalized spacial score (nSPS) is 15.3. The standard InChI is InChI=1S/C18H21N3O3/c1-11(8-15-4-3-7-24-15)19-18(23)20-12(2)13-5-6-16-14(9-13)10-17(22)21-16/h3-7,9,11-12H,8,10H2,1-2H3,(H,21,22)(H2,19,20,23)/t11-,12-/m0/s1. The second-order valence-electron chi connectivity index (χ2n) is 6.17. The van der Waals surface area contributed by atoms with E-state index in [4.69, 9.17) is 4.42 Å². The first-order valence-corrected chi connectivity index (χ1v) is 8.03. The van der Waals surface area contributed by atoms with Crippen LogP contribution in [0.4, 0.5) is 10.5 Å². The molecular weight excluding hydrogens is 306 g/mol. The molecule has 2 heterocycles. The lowest BCUT2D eigenvalue weighted by Crippen LogP contribution is -2.42. The number of furan rings is 1. The van der Waals surface area contributed by atoms with E-state index in [0.717, 1.165) is 22.6 Å². The topological polar surface area (TPSA) is 83.4 Å². The smallest absolute Gasteiger partial charge is 0.315 e. The summed E-state index contributed by atoms with van der Waals surface area (Å²) in [6, 6.07) is 9.07. The van der Waals surface area contributed by atoms with Crippen LogP contribution in [0.2, 0.25) is 0 Å². The fraction of sp³-hybridized carbons (Fsp3) is 0.333. The maximum Gasteiger partial charge on any atom is 0.315 e. The van der Waals surface area contributed by atoms with Crippen LogP contribution < -0.4 is 16.0 Å². The van der Waals surface area contributed by atoms with Crippen LogP contribution in [-0.4, -0.2) is 18.0 Å². The summed E-state index contributed by atoms with van der Waals surface area (Å²) in [4.78, 5) is 23.5. The van der Waals surface area contributed by atoms with Gasteiger partial charge in [0.15, 0.2) is 0 Å². The van der Waals surface area contributed by atoms with E-state index in [0.29, 0.717) is 12.8 Å². The van der Waals surface area contributed by atoms with Gasteiger partial charge in [0.2, 0.25) is 5.91 Å². The van der Waals surface area contributed by atoms with E-state index in [1.807, 2.05) is 44.2 Å². The molecule has 1 aliphatic rings. The number of nitrogens with one attached hydrogen (secondary N) is 3. The highest BCUT2D eigenvalue weighted by Crippen LogP contribution is 2.26. The molecule has 0 unspecified atom stereocenters. The summed E-state index contributed by atoms with van der Waals surface area (Å²) in [6.45, 7) is 3.85. The summed E-state index contributed by atoms with van der Waals surface area (Å²) < 4.78 is 5.28. The van der Waals surface area contributed by atoms with Crippen molar-refractivity contribution >= 4 is 17.6 Å². The van der Waals surface area contributed by atoms with E-state index in [9.17, 15) is 9.59 Å². The van der Waals surface area contributed by atoms with Crippen molar-refractivity contribution in [2.75, 3.05) is 5.32 Å². The number of anilines is 1. The zero-order valence-corrected chi connectivity index (χ0v) is 13.8. The molecule has 2 aromatic rings. The fourth-order valence-corrected chi connectivity index (χ4v) is 2.85. The van der Waals surface area contributed by atoms with E-state index in [-0.39, 0.29) is 24.0 Å². The molecule has 0 spiro atoms. The van der Waals surface area contributed by atoms with Crippen LogP contribution in [0.15, 0.2) is 41.0 Å². The number of amides is 3. The minimum absolute atomic E-state index is 0.00672. The third-order valence-corrected chi connectivity index (χ3v) is 4.07. The molecule has 3 N–H and O–H groups in total. The van der Waals surface area contributed by atoms with Gasteiger partial charge in [-0.15, -0.1) is 0 Å². The Kier molecular flexibility index (Phi) is 4.55. The number of fused-ring (bicyclic) bond motifs is 1. The highest BCUT2D eigenvalue weighted by Gasteiger charge is 2.19. The molecule has 0 aliphatic carbocycles. The Hall–Kier alpha value is -2.76. The first kappa shape index (κ1) is 16.1. The van der Waals surface area contributed by atoms with Gasteiger partial charge in [0.25, 0.3) is 0 Å². The van der Waals surface area contributed by atoms with Crippen molar-refractivity contribution in [3.63, 3.8) is 0 Å². The molecule has 0 radical (unpaired) electrons. The van der Waals surface area contributed by atoms with E-state index in [1.165, 1.54) is 0 Å². The Bertz CT molecular complexity index is 740. The predicted octanol–water partition coefficient (Wildman–Crippen LogP) is 2.77. The molecule has 1 aromatic heterocycles. The van der Waals surface area contributed by atoms with Crippen LogP contribution in [-0.2, 0) is 17.6 Å². The van der Waals surface area contributed by atoms with Gasteiger partial charge in [-0.2, -0.15) is 0 Å². The zero-order chi connectivity index (χ0) is 17.1. The van der Waals surface area contributed by atoms with E-state index < -0.39 is 0 Å². The molecule has 1 aliphatic heterocycles. The van der Waals surface area contributed by atoms with Gasteiger partial charge in [-0.05, 0) is 43.2 Å². The summed E-state index contributed by atoms with van der Waals surface area (Å²) in [6.07, 6.45) is 2.65. The van der Waals surface area contributed by atoms with Gasteiger partial charge in [-0.3, -0.25) is 4.79 Å². The lowest BCUT2D eigenvalue weighted by atomic mass is 10.0. The van der Waals surface area contributed by atoms with Crippen LogP contribution in [0.1, 0.15) is 36.8 Å². The number of urea groups is 1. The number of benzene rings is 1. The average molecular weight is 327 g/mol. The summed E-state index contributed by atoms with van der Waals surface area (Å²) in [7, 11) is 0. The van der Waals surface area contributed by atoms with E-state index >= 15 is 0 Å². The van der Waals surface area contributed by atoms with Gasteiger partial charge in [-0.1, -0.05) is 12.1 Å². The van der Waals surface area contributed by atoms with Gasteiger partial charge < -0.3 is 20.4 Å². The molecule has 0 fully saturated rings. The van der Waals surface area contributed by atoms with Gasteiger partial charge in [0.1, 0.15) is 5.76 Å². The van der Waals surface area contributed by atoms with E-state index in [1.54, 1.807) is 6.26 Å². The summed E-state index contributed by atoms with van der Waals surface area (Å²) >= 11 is 0. The van der Waals surface area contributed by atoms with Crippen molar-refractivity contribution in [2.45, 2.75) is 38.8 Å². The lowest BCUT2D eigenvalue weighted by Gasteiger charge is -2.18. The highest BCUT2D eigenvalue weighted by molar-refractivity contribution is 5.99. The number of carbonyl (C=O) groups is 2. The predicted molar refractivity (Wildman–Crippen MR) is 90.7 cm³/mol. The summed E-state index contributed by atoms with van der Waals surface area (Å²) in [5.41, 5.74) is 2.80. The molecule has 0 saturated carbocycles. The van der Waals surface area contributed by atoms with Crippen molar-refractivity contribution in [1.29, 1.82) is 0 Å². The third-order valence-electron chi connectivity index (χ3n) is 4.07. The number of hydrogen-bond acceptors (Lipinski definition) is 3. The van der Waals surface area contributed by atoms with Crippen LogP contribution >= 0.6 is 0 Å². The average Bonchev–Trinajstić information content (AvgIpc) is 3.13. The fourth-order valence-electron chi connectivity index (χ4n) is 2.85. The van der Waals surface area contributed by atoms with Gasteiger partial charge in [0, 0.05) is 18.2 Å².